The average molecular weight is 365 g/mol. The van der Waals surface area contributed by atoms with E-state index in [1.54, 1.807) is 14.2 Å². The highest BCUT2D eigenvalue weighted by molar-refractivity contribution is 5.85. The zero-order valence-electron chi connectivity index (χ0n) is 14.5. The number of halogens is 1. The second-order valence-electron chi connectivity index (χ2n) is 5.51. The van der Waals surface area contributed by atoms with E-state index in [0.717, 1.165) is 11.1 Å². The van der Waals surface area contributed by atoms with Crippen LogP contribution in [0.3, 0.4) is 0 Å². The van der Waals surface area contributed by atoms with Gasteiger partial charge in [-0.1, -0.05) is 36.4 Å². The van der Waals surface area contributed by atoms with Crippen LogP contribution >= 0.6 is 12.4 Å². The van der Waals surface area contributed by atoms with Gasteiger partial charge in [0, 0.05) is 19.0 Å². The molecule has 136 valence electrons. The number of hydrogen-bond donors (Lipinski definition) is 2. The van der Waals surface area contributed by atoms with Crippen LogP contribution in [0.5, 0.6) is 11.5 Å². The van der Waals surface area contributed by atoms with Gasteiger partial charge < -0.3 is 20.5 Å². The number of rotatable bonds is 8. The minimum absolute atomic E-state index is 0. The summed E-state index contributed by atoms with van der Waals surface area (Å²) in [5, 5.41) is 2.91. The molecule has 0 heterocycles. The normalized spacial score (nSPS) is 11.2. The summed E-state index contributed by atoms with van der Waals surface area (Å²) in [6, 6.07) is 15.1. The van der Waals surface area contributed by atoms with E-state index in [0.29, 0.717) is 24.5 Å². The zero-order valence-corrected chi connectivity index (χ0v) is 15.3. The van der Waals surface area contributed by atoms with Crippen LogP contribution in [0.2, 0.25) is 0 Å². The van der Waals surface area contributed by atoms with Gasteiger partial charge in [-0.2, -0.15) is 0 Å². The first-order chi connectivity index (χ1) is 11.6. The summed E-state index contributed by atoms with van der Waals surface area (Å²) in [5.74, 6) is 1.33. The van der Waals surface area contributed by atoms with Gasteiger partial charge in [-0.25, -0.2) is 0 Å². The Morgan fingerprint density at radius 2 is 1.76 bits per heavy atom. The van der Waals surface area contributed by atoms with E-state index in [9.17, 15) is 4.79 Å². The van der Waals surface area contributed by atoms with E-state index in [4.69, 9.17) is 15.2 Å². The molecule has 0 aliphatic heterocycles. The molecule has 6 heteroatoms. The molecule has 2 rings (SSSR count). The first-order valence-electron chi connectivity index (χ1n) is 7.92. The maximum absolute atomic E-state index is 12.0. The van der Waals surface area contributed by atoms with Crippen molar-refractivity contribution in [3.05, 3.63) is 59.7 Å². The minimum Gasteiger partial charge on any atom is -0.493 e. The summed E-state index contributed by atoms with van der Waals surface area (Å²) in [6.07, 6.45) is 0.989. The monoisotopic (exact) mass is 364 g/mol. The molecule has 0 fully saturated rings. The lowest BCUT2D eigenvalue weighted by atomic mass is 10.0. The molecule has 0 spiro atoms. The highest BCUT2D eigenvalue weighted by Gasteiger charge is 2.11. The molecule has 1 unspecified atom stereocenters. The number of amides is 1. The van der Waals surface area contributed by atoms with E-state index in [1.165, 1.54) is 0 Å². The fraction of sp³-hybridized carbons (Fsp3) is 0.316. The first kappa shape index (κ1) is 20.8. The maximum Gasteiger partial charge on any atom is 0.221 e. The number of benzene rings is 2. The van der Waals surface area contributed by atoms with Crippen LogP contribution in [-0.4, -0.2) is 26.7 Å². The molecular formula is C19H25ClN2O3. The number of hydrogen-bond acceptors (Lipinski definition) is 4. The van der Waals surface area contributed by atoms with Crippen molar-refractivity contribution in [3.63, 3.8) is 0 Å². The highest BCUT2D eigenvalue weighted by Crippen LogP contribution is 2.27. The lowest BCUT2D eigenvalue weighted by Crippen LogP contribution is -2.29. The molecule has 5 nitrogen and oxygen atoms in total. The summed E-state index contributed by atoms with van der Waals surface area (Å²) in [4.78, 5) is 12.0. The zero-order chi connectivity index (χ0) is 17.4. The summed E-state index contributed by atoms with van der Waals surface area (Å²) >= 11 is 0. The summed E-state index contributed by atoms with van der Waals surface area (Å²) in [6.45, 7) is 0.551. The molecule has 2 aromatic rings. The molecule has 0 radical (unpaired) electrons. The third-order valence-corrected chi connectivity index (χ3v) is 3.82. The molecule has 1 atom stereocenters. The van der Waals surface area contributed by atoms with Gasteiger partial charge in [0.25, 0.3) is 0 Å². The Kier molecular flexibility index (Phi) is 8.81. The molecule has 0 saturated carbocycles. The van der Waals surface area contributed by atoms with Crippen molar-refractivity contribution in [3.8, 4) is 11.5 Å². The molecule has 0 saturated heterocycles. The van der Waals surface area contributed by atoms with Crippen LogP contribution in [0.1, 0.15) is 23.6 Å². The number of methoxy groups -OCH3 is 2. The van der Waals surface area contributed by atoms with Gasteiger partial charge >= 0.3 is 0 Å². The summed E-state index contributed by atoms with van der Waals surface area (Å²) < 4.78 is 10.5. The third-order valence-electron chi connectivity index (χ3n) is 3.82. The van der Waals surface area contributed by atoms with Crippen molar-refractivity contribution in [2.75, 3.05) is 20.8 Å². The second-order valence-corrected chi connectivity index (χ2v) is 5.51. The number of carbonyl (C=O) groups is 1. The predicted molar refractivity (Wildman–Crippen MR) is 101 cm³/mol. The van der Waals surface area contributed by atoms with E-state index in [-0.39, 0.29) is 30.8 Å². The Hall–Kier alpha value is -2.24. The molecule has 0 aliphatic rings. The molecule has 0 aliphatic carbocycles. The fourth-order valence-electron chi connectivity index (χ4n) is 2.47. The van der Waals surface area contributed by atoms with Crippen LogP contribution in [-0.2, 0) is 11.2 Å². The van der Waals surface area contributed by atoms with Crippen molar-refractivity contribution < 1.29 is 14.3 Å². The van der Waals surface area contributed by atoms with E-state index >= 15 is 0 Å². The molecule has 25 heavy (non-hydrogen) atoms. The fourth-order valence-corrected chi connectivity index (χ4v) is 2.47. The largest absolute Gasteiger partial charge is 0.493 e. The number of carbonyl (C=O) groups excluding carboxylic acids is 1. The number of nitrogens with one attached hydrogen (secondary N) is 1. The molecule has 0 bridgehead atoms. The molecule has 1 amide bonds. The van der Waals surface area contributed by atoms with Crippen LogP contribution in [0.15, 0.2) is 48.5 Å². The van der Waals surface area contributed by atoms with E-state index in [1.807, 2.05) is 48.5 Å². The van der Waals surface area contributed by atoms with Crippen molar-refractivity contribution >= 4 is 18.3 Å². The van der Waals surface area contributed by atoms with Gasteiger partial charge in [0.05, 0.1) is 14.2 Å². The van der Waals surface area contributed by atoms with Crippen molar-refractivity contribution in [2.45, 2.75) is 18.9 Å². The molecular weight excluding hydrogens is 340 g/mol. The minimum atomic E-state index is -0.285. The Bertz CT molecular complexity index is 665. The smallest absolute Gasteiger partial charge is 0.221 e. The van der Waals surface area contributed by atoms with Gasteiger partial charge in [-0.05, 0) is 29.7 Å². The number of ether oxygens (including phenoxy) is 2. The van der Waals surface area contributed by atoms with Crippen LogP contribution in [0.4, 0.5) is 0 Å². The van der Waals surface area contributed by atoms with E-state index < -0.39 is 0 Å². The highest BCUT2D eigenvalue weighted by atomic mass is 35.5. The topological polar surface area (TPSA) is 73.6 Å². The van der Waals surface area contributed by atoms with E-state index in [2.05, 4.69) is 5.32 Å². The lowest BCUT2D eigenvalue weighted by molar-refractivity contribution is -0.121. The predicted octanol–water partition coefficient (Wildman–Crippen LogP) is 2.87. The van der Waals surface area contributed by atoms with Gasteiger partial charge in [0.1, 0.15) is 0 Å². The molecule has 0 aromatic heterocycles. The Balaban J connectivity index is 0.00000312. The van der Waals surface area contributed by atoms with Gasteiger partial charge in [0.15, 0.2) is 11.5 Å². The molecule has 3 N–H and O–H groups in total. The van der Waals surface area contributed by atoms with Gasteiger partial charge in [-0.3, -0.25) is 4.79 Å². The van der Waals surface area contributed by atoms with Gasteiger partial charge in [-0.15, -0.1) is 12.4 Å². The lowest BCUT2D eigenvalue weighted by Gasteiger charge is -2.13. The van der Waals surface area contributed by atoms with Crippen LogP contribution < -0.4 is 20.5 Å². The summed E-state index contributed by atoms with van der Waals surface area (Å²) in [7, 11) is 3.21. The van der Waals surface area contributed by atoms with Crippen molar-refractivity contribution in [1.82, 2.24) is 5.32 Å². The van der Waals surface area contributed by atoms with Crippen LogP contribution in [0, 0.1) is 0 Å². The van der Waals surface area contributed by atoms with Crippen LogP contribution in [0.25, 0.3) is 0 Å². The van der Waals surface area contributed by atoms with Gasteiger partial charge in [0.2, 0.25) is 5.91 Å². The Morgan fingerprint density at radius 1 is 1.08 bits per heavy atom. The average Bonchev–Trinajstić information content (AvgIpc) is 2.62. The molecule has 2 aromatic carbocycles. The maximum atomic E-state index is 12.0. The van der Waals surface area contributed by atoms with Crippen molar-refractivity contribution in [1.29, 1.82) is 0 Å². The standard InChI is InChI=1S/C19H24N2O3.ClH/c1-23-17-9-8-14(12-18(17)24-2)10-11-21-19(22)13-16(20)15-6-4-3-5-7-15;/h3-9,12,16H,10-11,13,20H2,1-2H3,(H,21,22);1H. The third kappa shape index (κ3) is 6.29. The Morgan fingerprint density at radius 3 is 2.40 bits per heavy atom. The van der Waals surface area contributed by atoms with Crippen molar-refractivity contribution in [2.24, 2.45) is 5.73 Å². The second kappa shape index (κ2) is 10.6. The SMILES string of the molecule is COc1ccc(CCNC(=O)CC(N)c2ccccc2)cc1OC.Cl. The Labute approximate surface area is 154 Å². The number of nitrogens with two attached hydrogens (primary N) is 1. The quantitative estimate of drug-likeness (QED) is 0.755. The first-order valence-corrected chi connectivity index (χ1v) is 7.92. The summed E-state index contributed by atoms with van der Waals surface area (Å²) in [5.41, 5.74) is 8.09.